The van der Waals surface area contributed by atoms with E-state index in [1.165, 1.54) is 6.42 Å². The quantitative estimate of drug-likeness (QED) is 0.641. The second-order valence-electron chi connectivity index (χ2n) is 5.74. The number of pyridine rings is 2. The molecule has 0 amide bonds. The Morgan fingerprint density at radius 1 is 1.05 bits per heavy atom. The third-order valence-corrected chi connectivity index (χ3v) is 4.31. The second-order valence-corrected chi connectivity index (χ2v) is 5.74. The van der Waals surface area contributed by atoms with Crippen molar-refractivity contribution in [2.45, 2.75) is 19.3 Å². The number of anilines is 1. The van der Waals surface area contributed by atoms with E-state index in [1.807, 2.05) is 30.5 Å². The predicted molar refractivity (Wildman–Crippen MR) is 87.8 cm³/mol. The van der Waals surface area contributed by atoms with Crippen molar-refractivity contribution in [2.24, 2.45) is 0 Å². The highest BCUT2D eigenvalue weighted by Crippen LogP contribution is 2.28. The summed E-state index contributed by atoms with van der Waals surface area (Å²) in [4.78, 5) is 11.5. The molecule has 4 heteroatoms. The Hall–Kier alpha value is -2.67. The van der Waals surface area contributed by atoms with Crippen molar-refractivity contribution in [3.05, 3.63) is 42.1 Å². The molecule has 0 unspecified atom stereocenters. The lowest BCUT2D eigenvalue weighted by molar-refractivity contribution is 0.573. The predicted octanol–water partition coefficient (Wildman–Crippen LogP) is 3.64. The zero-order valence-corrected chi connectivity index (χ0v) is 12.3. The van der Waals surface area contributed by atoms with Gasteiger partial charge < -0.3 is 4.90 Å². The molecule has 1 fully saturated rings. The van der Waals surface area contributed by atoms with E-state index in [4.69, 9.17) is 4.98 Å². The van der Waals surface area contributed by atoms with Gasteiger partial charge in [0.15, 0.2) is 0 Å². The van der Waals surface area contributed by atoms with Gasteiger partial charge in [-0.15, -0.1) is 0 Å². The summed E-state index contributed by atoms with van der Waals surface area (Å²) in [6.07, 6.45) is 5.43. The number of benzene rings is 1. The van der Waals surface area contributed by atoms with E-state index >= 15 is 0 Å². The Kier molecular flexibility index (Phi) is 3.12. The van der Waals surface area contributed by atoms with Gasteiger partial charge in [0.05, 0.1) is 11.0 Å². The molecule has 3 heterocycles. The Morgan fingerprint density at radius 3 is 2.68 bits per heavy atom. The summed E-state index contributed by atoms with van der Waals surface area (Å²) >= 11 is 0. The molecule has 1 saturated heterocycles. The summed E-state index contributed by atoms with van der Waals surface area (Å²) in [6.45, 7) is 1.95. The molecule has 3 aromatic rings. The van der Waals surface area contributed by atoms with E-state index in [1.54, 1.807) is 0 Å². The highest BCUT2D eigenvalue weighted by atomic mass is 15.2. The smallest absolute Gasteiger partial charge is 0.148 e. The highest BCUT2D eigenvalue weighted by molar-refractivity contribution is 5.96. The zero-order valence-electron chi connectivity index (χ0n) is 12.3. The summed E-state index contributed by atoms with van der Waals surface area (Å²) in [6, 6.07) is 12.4. The van der Waals surface area contributed by atoms with Crippen LogP contribution in [-0.2, 0) is 0 Å². The SMILES string of the molecule is N#Cc1c(N2CCCCC2)ncc2cc3ccccc3nc12. The van der Waals surface area contributed by atoms with Crippen LogP contribution in [0.3, 0.4) is 0 Å². The lowest BCUT2D eigenvalue weighted by Gasteiger charge is -2.28. The van der Waals surface area contributed by atoms with E-state index < -0.39 is 0 Å². The summed E-state index contributed by atoms with van der Waals surface area (Å²) in [5, 5.41) is 11.7. The Labute approximate surface area is 129 Å². The first kappa shape index (κ1) is 13.0. The molecule has 0 atom stereocenters. The Bertz CT molecular complexity index is 889. The molecule has 0 spiro atoms. The van der Waals surface area contributed by atoms with Crippen LogP contribution in [0.4, 0.5) is 5.82 Å². The van der Waals surface area contributed by atoms with E-state index in [0.717, 1.165) is 53.6 Å². The fraction of sp³-hybridized carbons (Fsp3) is 0.278. The Balaban J connectivity index is 1.96. The third-order valence-electron chi connectivity index (χ3n) is 4.31. The van der Waals surface area contributed by atoms with Crippen LogP contribution in [0.2, 0.25) is 0 Å². The van der Waals surface area contributed by atoms with E-state index in [0.29, 0.717) is 5.56 Å². The van der Waals surface area contributed by atoms with Gasteiger partial charge in [-0.2, -0.15) is 5.26 Å². The molecule has 2 aromatic heterocycles. The average Bonchev–Trinajstić information content (AvgIpc) is 2.59. The van der Waals surface area contributed by atoms with Gasteiger partial charge in [-0.05, 0) is 31.4 Å². The number of hydrogen-bond donors (Lipinski definition) is 0. The summed E-state index contributed by atoms with van der Waals surface area (Å²) in [5.74, 6) is 0.789. The lowest BCUT2D eigenvalue weighted by atomic mass is 10.1. The first-order chi connectivity index (χ1) is 10.9. The zero-order chi connectivity index (χ0) is 14.9. The first-order valence-electron chi connectivity index (χ1n) is 7.70. The number of fused-ring (bicyclic) bond motifs is 2. The highest BCUT2D eigenvalue weighted by Gasteiger charge is 2.19. The number of hydrogen-bond acceptors (Lipinski definition) is 4. The number of para-hydroxylation sites is 1. The van der Waals surface area contributed by atoms with Crippen LogP contribution in [0.15, 0.2) is 36.5 Å². The van der Waals surface area contributed by atoms with Gasteiger partial charge >= 0.3 is 0 Å². The van der Waals surface area contributed by atoms with Crippen molar-refractivity contribution in [1.82, 2.24) is 9.97 Å². The van der Waals surface area contributed by atoms with Gasteiger partial charge in [0.1, 0.15) is 17.5 Å². The summed E-state index contributed by atoms with van der Waals surface area (Å²) < 4.78 is 0. The van der Waals surface area contributed by atoms with Crippen LogP contribution < -0.4 is 4.90 Å². The standard InChI is InChI=1S/C18H16N4/c19-11-15-17-14(10-13-6-2-3-7-16(13)21-17)12-20-18(15)22-8-4-1-5-9-22/h2-3,6-7,10,12H,1,4-5,8-9H2. The monoisotopic (exact) mass is 288 g/mol. The molecule has 1 aliphatic heterocycles. The molecule has 0 radical (unpaired) electrons. The van der Waals surface area contributed by atoms with Crippen LogP contribution in [0.5, 0.6) is 0 Å². The van der Waals surface area contributed by atoms with Crippen LogP contribution in [0.1, 0.15) is 24.8 Å². The first-order valence-corrected chi connectivity index (χ1v) is 7.70. The van der Waals surface area contributed by atoms with Crippen molar-refractivity contribution >= 4 is 27.6 Å². The molecule has 0 aliphatic carbocycles. The maximum atomic E-state index is 9.66. The fourth-order valence-corrected chi connectivity index (χ4v) is 3.18. The molecule has 22 heavy (non-hydrogen) atoms. The largest absolute Gasteiger partial charge is 0.355 e. The molecule has 4 rings (SSSR count). The molecule has 4 nitrogen and oxygen atoms in total. The van der Waals surface area contributed by atoms with Gasteiger partial charge in [-0.1, -0.05) is 18.2 Å². The van der Waals surface area contributed by atoms with Gasteiger partial charge in [0.2, 0.25) is 0 Å². The van der Waals surface area contributed by atoms with E-state index in [9.17, 15) is 5.26 Å². The topological polar surface area (TPSA) is 52.8 Å². The molecule has 108 valence electrons. The van der Waals surface area contributed by atoms with Crippen LogP contribution in [-0.4, -0.2) is 23.1 Å². The number of nitrogens with zero attached hydrogens (tertiary/aromatic N) is 4. The average molecular weight is 288 g/mol. The maximum absolute atomic E-state index is 9.66. The maximum Gasteiger partial charge on any atom is 0.148 e. The van der Waals surface area contributed by atoms with Crippen molar-refractivity contribution < 1.29 is 0 Å². The molecule has 0 saturated carbocycles. The third kappa shape index (κ3) is 2.06. The van der Waals surface area contributed by atoms with Crippen LogP contribution >= 0.6 is 0 Å². The van der Waals surface area contributed by atoms with Gasteiger partial charge in [0.25, 0.3) is 0 Å². The normalized spacial score (nSPS) is 15.1. The Morgan fingerprint density at radius 2 is 1.86 bits per heavy atom. The molecule has 0 bridgehead atoms. The number of piperidine rings is 1. The van der Waals surface area contributed by atoms with Gasteiger partial charge in [-0.3, -0.25) is 0 Å². The lowest BCUT2D eigenvalue weighted by Crippen LogP contribution is -2.30. The second kappa shape index (κ2) is 5.27. The van der Waals surface area contributed by atoms with E-state index in [2.05, 4.69) is 22.0 Å². The minimum atomic E-state index is 0.602. The fourth-order valence-electron chi connectivity index (χ4n) is 3.18. The number of aromatic nitrogens is 2. The number of nitriles is 1. The molecule has 1 aliphatic rings. The minimum absolute atomic E-state index is 0.602. The van der Waals surface area contributed by atoms with E-state index in [-0.39, 0.29) is 0 Å². The van der Waals surface area contributed by atoms with Crippen molar-refractivity contribution in [1.29, 1.82) is 5.26 Å². The molecule has 1 aromatic carbocycles. The molecular weight excluding hydrogens is 272 g/mol. The van der Waals surface area contributed by atoms with Gasteiger partial charge in [-0.25, -0.2) is 9.97 Å². The van der Waals surface area contributed by atoms with Crippen LogP contribution in [0.25, 0.3) is 21.8 Å². The summed E-state index contributed by atoms with van der Waals surface area (Å²) in [7, 11) is 0. The summed E-state index contributed by atoms with van der Waals surface area (Å²) in [5.41, 5.74) is 2.28. The molecular formula is C18H16N4. The van der Waals surface area contributed by atoms with Gasteiger partial charge in [0, 0.05) is 30.1 Å². The molecule has 0 N–H and O–H groups in total. The van der Waals surface area contributed by atoms with Crippen molar-refractivity contribution in [3.63, 3.8) is 0 Å². The van der Waals surface area contributed by atoms with Crippen molar-refractivity contribution in [2.75, 3.05) is 18.0 Å². The number of rotatable bonds is 1. The minimum Gasteiger partial charge on any atom is -0.355 e. The van der Waals surface area contributed by atoms with Crippen molar-refractivity contribution in [3.8, 4) is 6.07 Å². The van der Waals surface area contributed by atoms with Crippen LogP contribution in [0, 0.1) is 11.3 Å².